The second-order valence-corrected chi connectivity index (χ2v) is 3.66. The molecule has 0 fully saturated rings. The van der Waals surface area contributed by atoms with Crippen molar-refractivity contribution >= 4 is 11.6 Å². The van der Waals surface area contributed by atoms with Gasteiger partial charge >= 0.3 is 0 Å². The van der Waals surface area contributed by atoms with Crippen LogP contribution in [0.3, 0.4) is 0 Å². The summed E-state index contributed by atoms with van der Waals surface area (Å²) < 4.78 is 0. The fourth-order valence-electron chi connectivity index (χ4n) is 1.11. The highest BCUT2D eigenvalue weighted by molar-refractivity contribution is 5.36. The van der Waals surface area contributed by atoms with E-state index in [-0.39, 0.29) is 0 Å². The number of aromatic nitrogens is 2. The topological polar surface area (TPSA) is 63.8 Å². The van der Waals surface area contributed by atoms with Crippen LogP contribution in [0.2, 0.25) is 0 Å². The molecule has 0 saturated heterocycles. The molecule has 0 amide bonds. The molecule has 2 atom stereocenters. The van der Waals surface area contributed by atoms with Gasteiger partial charge in [0.05, 0.1) is 18.1 Å². The maximum Gasteiger partial charge on any atom is 0.222 e. The Kier molecular flexibility index (Phi) is 3.68. The van der Waals surface area contributed by atoms with Crippen molar-refractivity contribution < 1.29 is 0 Å². The van der Waals surface area contributed by atoms with Crippen molar-refractivity contribution in [2.45, 2.75) is 33.2 Å². The van der Waals surface area contributed by atoms with Crippen LogP contribution in [0.25, 0.3) is 0 Å². The Morgan fingerprint density at radius 1 is 1.36 bits per heavy atom. The summed E-state index contributed by atoms with van der Waals surface area (Å²) in [5.41, 5.74) is 6.08. The van der Waals surface area contributed by atoms with Crippen LogP contribution in [0.5, 0.6) is 0 Å². The van der Waals surface area contributed by atoms with Gasteiger partial charge in [-0.1, -0.05) is 20.3 Å². The lowest BCUT2D eigenvalue weighted by molar-refractivity contribution is 0.492. The monoisotopic (exact) mass is 194 g/mol. The number of nitrogens with zero attached hydrogens (tertiary/aromatic N) is 2. The second-order valence-electron chi connectivity index (χ2n) is 3.66. The molecule has 1 rings (SSSR count). The van der Waals surface area contributed by atoms with Gasteiger partial charge in [-0.3, -0.25) is 0 Å². The molecule has 0 aliphatic carbocycles. The van der Waals surface area contributed by atoms with Crippen LogP contribution in [0.1, 0.15) is 27.2 Å². The van der Waals surface area contributed by atoms with Gasteiger partial charge in [-0.15, -0.1) is 0 Å². The predicted octanol–water partition coefficient (Wildman–Crippen LogP) is 1.91. The lowest BCUT2D eigenvalue weighted by Crippen LogP contribution is -2.24. The van der Waals surface area contributed by atoms with Crippen LogP contribution in [-0.2, 0) is 0 Å². The van der Waals surface area contributed by atoms with E-state index in [9.17, 15) is 0 Å². The van der Waals surface area contributed by atoms with Crippen molar-refractivity contribution in [3.63, 3.8) is 0 Å². The SMILES string of the molecule is CCC(C)C(C)Nc1ncc(N)cn1. The summed E-state index contributed by atoms with van der Waals surface area (Å²) in [5.74, 6) is 1.25. The number of hydrogen-bond donors (Lipinski definition) is 2. The van der Waals surface area contributed by atoms with Gasteiger partial charge in [0.1, 0.15) is 0 Å². The minimum Gasteiger partial charge on any atom is -0.396 e. The highest BCUT2D eigenvalue weighted by Crippen LogP contribution is 2.11. The summed E-state index contributed by atoms with van der Waals surface area (Å²) in [5, 5.41) is 3.24. The zero-order chi connectivity index (χ0) is 10.6. The molecule has 0 aliphatic heterocycles. The number of nitrogens with two attached hydrogens (primary N) is 1. The summed E-state index contributed by atoms with van der Waals surface area (Å²) in [6.07, 6.45) is 4.36. The molecule has 0 radical (unpaired) electrons. The van der Waals surface area contributed by atoms with Gasteiger partial charge in [-0.05, 0) is 12.8 Å². The smallest absolute Gasteiger partial charge is 0.222 e. The average Bonchev–Trinajstić information content (AvgIpc) is 2.20. The van der Waals surface area contributed by atoms with Crippen LogP contribution in [0, 0.1) is 5.92 Å². The first kappa shape index (κ1) is 10.8. The number of hydrogen-bond acceptors (Lipinski definition) is 4. The molecule has 78 valence electrons. The Labute approximate surface area is 85.0 Å². The molecule has 4 heteroatoms. The molecule has 1 heterocycles. The molecule has 0 aromatic carbocycles. The Morgan fingerprint density at radius 2 is 1.93 bits per heavy atom. The largest absolute Gasteiger partial charge is 0.396 e. The molecule has 0 saturated carbocycles. The number of rotatable bonds is 4. The van der Waals surface area contributed by atoms with E-state index in [0.29, 0.717) is 23.6 Å². The van der Waals surface area contributed by atoms with Crippen LogP contribution < -0.4 is 11.1 Å². The van der Waals surface area contributed by atoms with Crippen molar-refractivity contribution in [1.29, 1.82) is 0 Å². The fourth-order valence-corrected chi connectivity index (χ4v) is 1.11. The average molecular weight is 194 g/mol. The summed E-state index contributed by atoms with van der Waals surface area (Å²) in [4.78, 5) is 8.18. The molecule has 0 bridgehead atoms. The first-order valence-corrected chi connectivity index (χ1v) is 4.97. The van der Waals surface area contributed by atoms with Crippen molar-refractivity contribution in [2.24, 2.45) is 5.92 Å². The molecule has 0 aliphatic rings. The Hall–Kier alpha value is -1.32. The van der Waals surface area contributed by atoms with E-state index < -0.39 is 0 Å². The number of nitrogens with one attached hydrogen (secondary N) is 1. The van der Waals surface area contributed by atoms with Crippen LogP contribution in [-0.4, -0.2) is 16.0 Å². The van der Waals surface area contributed by atoms with Gasteiger partial charge in [-0.25, -0.2) is 9.97 Å². The molecule has 3 N–H and O–H groups in total. The Balaban J connectivity index is 2.56. The van der Waals surface area contributed by atoms with Gasteiger partial charge in [0.2, 0.25) is 5.95 Å². The van der Waals surface area contributed by atoms with E-state index in [0.717, 1.165) is 6.42 Å². The summed E-state index contributed by atoms with van der Waals surface area (Å²) in [6, 6.07) is 0.378. The standard InChI is InChI=1S/C10H18N4/c1-4-7(2)8(3)14-10-12-5-9(11)6-13-10/h5-8H,4,11H2,1-3H3,(H,12,13,14). The fraction of sp³-hybridized carbons (Fsp3) is 0.600. The van der Waals surface area contributed by atoms with E-state index in [1.807, 2.05) is 0 Å². The van der Waals surface area contributed by atoms with Crippen molar-refractivity contribution in [1.82, 2.24) is 9.97 Å². The van der Waals surface area contributed by atoms with E-state index in [2.05, 4.69) is 36.1 Å². The quantitative estimate of drug-likeness (QED) is 0.768. The van der Waals surface area contributed by atoms with E-state index in [4.69, 9.17) is 5.73 Å². The van der Waals surface area contributed by atoms with Crippen molar-refractivity contribution in [3.05, 3.63) is 12.4 Å². The molecule has 14 heavy (non-hydrogen) atoms. The Morgan fingerprint density at radius 3 is 2.43 bits per heavy atom. The third kappa shape index (κ3) is 2.87. The minimum atomic E-state index is 0.378. The van der Waals surface area contributed by atoms with Gasteiger partial charge in [0.15, 0.2) is 0 Å². The van der Waals surface area contributed by atoms with Crippen LogP contribution in [0.15, 0.2) is 12.4 Å². The maximum absolute atomic E-state index is 5.49. The van der Waals surface area contributed by atoms with Crippen LogP contribution in [0.4, 0.5) is 11.6 Å². The predicted molar refractivity (Wildman–Crippen MR) is 59.0 cm³/mol. The Bertz CT molecular complexity index is 270. The molecular formula is C10H18N4. The zero-order valence-corrected chi connectivity index (χ0v) is 8.99. The van der Waals surface area contributed by atoms with Crippen molar-refractivity contribution in [3.8, 4) is 0 Å². The van der Waals surface area contributed by atoms with Gasteiger partial charge in [0.25, 0.3) is 0 Å². The van der Waals surface area contributed by atoms with E-state index >= 15 is 0 Å². The third-order valence-electron chi connectivity index (χ3n) is 2.53. The van der Waals surface area contributed by atoms with Crippen molar-refractivity contribution in [2.75, 3.05) is 11.1 Å². The first-order chi connectivity index (χ1) is 6.63. The van der Waals surface area contributed by atoms with Gasteiger partial charge in [0, 0.05) is 6.04 Å². The van der Waals surface area contributed by atoms with Gasteiger partial charge in [-0.2, -0.15) is 0 Å². The van der Waals surface area contributed by atoms with Gasteiger partial charge < -0.3 is 11.1 Å². The summed E-state index contributed by atoms with van der Waals surface area (Å²) >= 11 is 0. The normalized spacial score (nSPS) is 14.8. The van der Waals surface area contributed by atoms with E-state index in [1.165, 1.54) is 0 Å². The van der Waals surface area contributed by atoms with Crippen LogP contribution >= 0.6 is 0 Å². The molecular weight excluding hydrogens is 176 g/mol. The molecule has 4 nitrogen and oxygen atoms in total. The third-order valence-corrected chi connectivity index (χ3v) is 2.53. The highest BCUT2D eigenvalue weighted by atomic mass is 15.1. The molecule has 1 aromatic heterocycles. The lowest BCUT2D eigenvalue weighted by atomic mass is 10.0. The molecule has 1 aromatic rings. The zero-order valence-electron chi connectivity index (χ0n) is 8.99. The van der Waals surface area contributed by atoms with E-state index in [1.54, 1.807) is 12.4 Å². The number of anilines is 2. The highest BCUT2D eigenvalue weighted by Gasteiger charge is 2.10. The second kappa shape index (κ2) is 4.79. The number of nitrogen functional groups attached to an aromatic ring is 1. The lowest BCUT2D eigenvalue weighted by Gasteiger charge is -2.19. The summed E-state index contributed by atoms with van der Waals surface area (Å²) in [7, 11) is 0. The summed E-state index contributed by atoms with van der Waals surface area (Å²) in [6.45, 7) is 6.51. The minimum absolute atomic E-state index is 0.378. The first-order valence-electron chi connectivity index (χ1n) is 4.97. The maximum atomic E-state index is 5.49. The molecule has 0 spiro atoms. The molecule has 2 unspecified atom stereocenters.